The summed E-state index contributed by atoms with van der Waals surface area (Å²) in [6.07, 6.45) is 4.91. The first-order valence-electron chi connectivity index (χ1n) is 10.2. The van der Waals surface area contributed by atoms with E-state index in [-0.39, 0.29) is 6.04 Å². The maximum Gasteiger partial charge on any atom is 0.226 e. The molecule has 0 spiro atoms. The number of thioether (sulfide) groups is 1. The fourth-order valence-corrected chi connectivity index (χ4v) is 4.16. The Bertz CT molecular complexity index is 912. The third-order valence-corrected chi connectivity index (χ3v) is 6.32. The number of aromatic nitrogens is 2. The largest absolute Gasteiger partial charge is 0.386 e. The van der Waals surface area contributed by atoms with Crippen LogP contribution in [0, 0.1) is 5.41 Å². The van der Waals surface area contributed by atoms with Gasteiger partial charge in [0.25, 0.3) is 0 Å². The van der Waals surface area contributed by atoms with Crippen molar-refractivity contribution in [1.82, 2.24) is 9.97 Å². The van der Waals surface area contributed by atoms with Gasteiger partial charge in [-0.2, -0.15) is 9.97 Å². The van der Waals surface area contributed by atoms with Gasteiger partial charge < -0.3 is 30.8 Å². The van der Waals surface area contributed by atoms with Crippen LogP contribution in [-0.2, 0) is 4.74 Å². The van der Waals surface area contributed by atoms with Crippen LogP contribution in [0.5, 0.6) is 0 Å². The minimum absolute atomic E-state index is 0.167. The van der Waals surface area contributed by atoms with E-state index in [1.54, 1.807) is 11.8 Å². The van der Waals surface area contributed by atoms with E-state index in [0.717, 1.165) is 23.6 Å². The second-order valence-corrected chi connectivity index (χ2v) is 8.65. The lowest BCUT2D eigenvalue weighted by atomic mass is 9.91. The SMILES string of the molecule is CCC1(O)CN(c2nc(N[C@@H]3CCOC3)nc(Nc3cccc(SC)c3)c2C=N)C1. The summed E-state index contributed by atoms with van der Waals surface area (Å²) < 4.78 is 5.46. The maximum absolute atomic E-state index is 10.5. The number of benzene rings is 1. The predicted octanol–water partition coefficient (Wildman–Crippen LogP) is 3.10. The van der Waals surface area contributed by atoms with Crippen LogP contribution in [0.1, 0.15) is 25.3 Å². The van der Waals surface area contributed by atoms with Gasteiger partial charge in [0.2, 0.25) is 5.95 Å². The average molecular weight is 429 g/mol. The first-order valence-corrected chi connectivity index (χ1v) is 11.4. The lowest BCUT2D eigenvalue weighted by Crippen LogP contribution is -2.62. The molecule has 2 saturated heterocycles. The summed E-state index contributed by atoms with van der Waals surface area (Å²) in [5.41, 5.74) is 0.812. The molecule has 1 atom stereocenters. The normalized spacial score (nSPS) is 20.0. The monoisotopic (exact) mass is 428 g/mol. The molecule has 0 amide bonds. The summed E-state index contributed by atoms with van der Waals surface area (Å²) in [6, 6.07) is 8.24. The number of ether oxygens (including phenoxy) is 1. The topological polar surface area (TPSA) is 106 Å². The Kier molecular flexibility index (Phi) is 6.12. The van der Waals surface area contributed by atoms with Crippen molar-refractivity contribution < 1.29 is 9.84 Å². The van der Waals surface area contributed by atoms with Gasteiger partial charge in [0.1, 0.15) is 11.6 Å². The van der Waals surface area contributed by atoms with E-state index >= 15 is 0 Å². The molecule has 4 rings (SSSR count). The quantitative estimate of drug-likeness (QED) is 0.375. The Hall–Kier alpha value is -2.36. The third kappa shape index (κ3) is 4.38. The van der Waals surface area contributed by atoms with E-state index in [1.807, 2.05) is 30.2 Å². The molecule has 0 bridgehead atoms. The minimum Gasteiger partial charge on any atom is -0.386 e. The van der Waals surface area contributed by atoms with Crippen molar-refractivity contribution in [1.29, 1.82) is 5.41 Å². The van der Waals surface area contributed by atoms with Crippen LogP contribution in [0.3, 0.4) is 0 Å². The first-order chi connectivity index (χ1) is 14.5. The summed E-state index contributed by atoms with van der Waals surface area (Å²) in [4.78, 5) is 12.5. The molecule has 0 unspecified atom stereocenters. The number of hydrogen-bond acceptors (Lipinski definition) is 9. The third-order valence-electron chi connectivity index (χ3n) is 5.59. The molecular formula is C21H28N6O2S. The summed E-state index contributed by atoms with van der Waals surface area (Å²) in [5.74, 6) is 1.73. The van der Waals surface area contributed by atoms with E-state index in [9.17, 15) is 5.11 Å². The highest BCUT2D eigenvalue weighted by atomic mass is 32.2. The van der Waals surface area contributed by atoms with E-state index < -0.39 is 5.60 Å². The van der Waals surface area contributed by atoms with Crippen molar-refractivity contribution in [3.8, 4) is 0 Å². The van der Waals surface area contributed by atoms with Crippen LogP contribution in [0.25, 0.3) is 0 Å². The molecule has 160 valence electrons. The fourth-order valence-electron chi connectivity index (χ4n) is 3.70. The van der Waals surface area contributed by atoms with Crippen molar-refractivity contribution in [2.24, 2.45) is 0 Å². The van der Waals surface area contributed by atoms with Gasteiger partial charge in [0.15, 0.2) is 0 Å². The van der Waals surface area contributed by atoms with Gasteiger partial charge in [-0.15, -0.1) is 11.8 Å². The second kappa shape index (κ2) is 8.79. The van der Waals surface area contributed by atoms with Gasteiger partial charge in [0.05, 0.1) is 23.8 Å². The van der Waals surface area contributed by atoms with E-state index in [0.29, 0.717) is 49.3 Å². The summed E-state index contributed by atoms with van der Waals surface area (Å²) >= 11 is 1.67. The number of anilines is 4. The Balaban J connectivity index is 1.68. The molecule has 0 saturated carbocycles. The van der Waals surface area contributed by atoms with Crippen LogP contribution < -0.4 is 15.5 Å². The summed E-state index contributed by atoms with van der Waals surface area (Å²) in [7, 11) is 0. The zero-order valence-corrected chi connectivity index (χ0v) is 18.1. The Labute approximate surface area is 181 Å². The highest BCUT2D eigenvalue weighted by molar-refractivity contribution is 7.98. The lowest BCUT2D eigenvalue weighted by Gasteiger charge is -2.47. The van der Waals surface area contributed by atoms with Crippen molar-refractivity contribution in [2.45, 2.75) is 36.3 Å². The van der Waals surface area contributed by atoms with E-state index in [4.69, 9.17) is 15.1 Å². The molecule has 2 aliphatic heterocycles. The molecule has 0 aliphatic carbocycles. The van der Waals surface area contributed by atoms with E-state index in [1.165, 1.54) is 6.21 Å². The maximum atomic E-state index is 10.5. The van der Waals surface area contributed by atoms with Gasteiger partial charge in [-0.25, -0.2) is 0 Å². The molecule has 2 aliphatic rings. The molecule has 30 heavy (non-hydrogen) atoms. The van der Waals surface area contributed by atoms with Gasteiger partial charge in [-0.1, -0.05) is 13.0 Å². The average Bonchev–Trinajstić information content (AvgIpc) is 3.24. The number of nitrogens with one attached hydrogen (secondary N) is 3. The van der Waals surface area contributed by atoms with Crippen LogP contribution in [-0.4, -0.2) is 65.5 Å². The van der Waals surface area contributed by atoms with Crippen molar-refractivity contribution in [3.05, 3.63) is 29.8 Å². The molecule has 0 radical (unpaired) electrons. The Morgan fingerprint density at radius 2 is 2.23 bits per heavy atom. The molecular weight excluding hydrogens is 400 g/mol. The predicted molar refractivity (Wildman–Crippen MR) is 122 cm³/mol. The summed E-state index contributed by atoms with van der Waals surface area (Å²) in [6.45, 7) is 4.32. The molecule has 2 aromatic rings. The van der Waals surface area contributed by atoms with Crippen LogP contribution in [0.4, 0.5) is 23.3 Å². The molecule has 3 heterocycles. The number of aliphatic hydroxyl groups is 1. The van der Waals surface area contributed by atoms with Crippen LogP contribution >= 0.6 is 11.8 Å². The number of rotatable bonds is 8. The lowest BCUT2D eigenvalue weighted by molar-refractivity contribution is 0.00805. The van der Waals surface area contributed by atoms with E-state index in [2.05, 4.69) is 27.8 Å². The van der Waals surface area contributed by atoms with Crippen molar-refractivity contribution in [2.75, 3.05) is 48.1 Å². The molecule has 2 fully saturated rings. The standard InChI is InChI=1S/C21H28N6O2S/c1-3-21(28)12-27(13-21)19-17(10-22)18(23-14-5-4-6-16(9-14)30-2)25-20(26-19)24-15-7-8-29-11-15/h4-6,9-10,15,22,28H,3,7-8,11-13H2,1-2H3,(H2,23,24,25,26)/t15-/m1/s1. The highest BCUT2D eigenvalue weighted by Crippen LogP contribution is 2.34. The Morgan fingerprint density at radius 3 is 2.90 bits per heavy atom. The van der Waals surface area contributed by atoms with Crippen LogP contribution in [0.2, 0.25) is 0 Å². The smallest absolute Gasteiger partial charge is 0.226 e. The second-order valence-electron chi connectivity index (χ2n) is 7.77. The Morgan fingerprint density at radius 1 is 1.40 bits per heavy atom. The molecule has 9 heteroatoms. The number of hydrogen-bond donors (Lipinski definition) is 4. The summed E-state index contributed by atoms with van der Waals surface area (Å²) in [5, 5.41) is 25.2. The van der Waals surface area contributed by atoms with Crippen LogP contribution in [0.15, 0.2) is 29.2 Å². The minimum atomic E-state index is -0.697. The van der Waals surface area contributed by atoms with Crippen molar-refractivity contribution in [3.63, 3.8) is 0 Å². The number of β-amino-alcohol motifs (C(OH)–C–C–N with tert-alkyl or cyclic N) is 1. The first kappa shape index (κ1) is 20.9. The number of nitrogens with zero attached hydrogens (tertiary/aromatic N) is 3. The van der Waals surface area contributed by atoms with Gasteiger partial charge in [-0.05, 0) is 37.3 Å². The van der Waals surface area contributed by atoms with Gasteiger partial charge in [-0.3, -0.25) is 0 Å². The fraction of sp³-hybridized carbons (Fsp3) is 0.476. The zero-order chi connectivity index (χ0) is 21.1. The van der Waals surface area contributed by atoms with Gasteiger partial charge in [0, 0.05) is 36.5 Å². The zero-order valence-electron chi connectivity index (χ0n) is 17.3. The van der Waals surface area contributed by atoms with Gasteiger partial charge >= 0.3 is 0 Å². The molecule has 4 N–H and O–H groups in total. The molecule has 1 aromatic carbocycles. The molecule has 8 nitrogen and oxygen atoms in total. The molecule has 1 aromatic heterocycles. The van der Waals surface area contributed by atoms with Crippen molar-refractivity contribution >= 4 is 41.2 Å². The highest BCUT2D eigenvalue weighted by Gasteiger charge is 2.41.